The number of rotatable bonds is 6. The molecule has 0 saturated carbocycles. The fourth-order valence-electron chi connectivity index (χ4n) is 2.78. The highest BCUT2D eigenvalue weighted by atomic mass is 16.5. The van der Waals surface area contributed by atoms with Crippen LogP contribution in [0.3, 0.4) is 0 Å². The smallest absolute Gasteiger partial charge is 0.260 e. The number of piperazine rings is 1. The summed E-state index contributed by atoms with van der Waals surface area (Å²) in [4.78, 5) is 16.5. The van der Waals surface area contributed by atoms with Gasteiger partial charge in [-0.3, -0.25) is 9.69 Å². The minimum atomic E-state index is -0.0226. The molecule has 0 aliphatic carbocycles. The standard InChI is InChI=1S/C18H25N3O3/c1-14(2)12-20-6-8-21(9-7-20)18(22)13-24-16-5-4-15(11-19)10-17(16)23-3/h4-5,10,14H,6-9,12-13H2,1-3H3. The molecule has 0 bridgehead atoms. The molecule has 1 aliphatic heterocycles. The maximum atomic E-state index is 12.3. The van der Waals surface area contributed by atoms with Crippen LogP contribution in [0.1, 0.15) is 19.4 Å². The van der Waals surface area contributed by atoms with Crippen LogP contribution in [0.25, 0.3) is 0 Å². The quantitative estimate of drug-likeness (QED) is 0.794. The summed E-state index contributed by atoms with van der Waals surface area (Å²) in [6.07, 6.45) is 0. The number of methoxy groups -OCH3 is 1. The van der Waals surface area contributed by atoms with Gasteiger partial charge in [0.1, 0.15) is 0 Å². The molecule has 6 nitrogen and oxygen atoms in total. The van der Waals surface area contributed by atoms with Gasteiger partial charge in [0.15, 0.2) is 18.1 Å². The van der Waals surface area contributed by atoms with Crippen LogP contribution < -0.4 is 9.47 Å². The minimum absolute atomic E-state index is 0.0214. The van der Waals surface area contributed by atoms with E-state index >= 15 is 0 Å². The van der Waals surface area contributed by atoms with Crippen LogP contribution in [-0.4, -0.2) is 62.1 Å². The topological polar surface area (TPSA) is 65.8 Å². The zero-order valence-electron chi connectivity index (χ0n) is 14.6. The lowest BCUT2D eigenvalue weighted by atomic mass is 10.2. The summed E-state index contributed by atoms with van der Waals surface area (Å²) >= 11 is 0. The van der Waals surface area contributed by atoms with Crippen LogP contribution in [-0.2, 0) is 4.79 Å². The number of benzene rings is 1. The van der Waals surface area contributed by atoms with E-state index in [2.05, 4.69) is 18.7 Å². The first kappa shape index (κ1) is 18.1. The van der Waals surface area contributed by atoms with Crippen LogP contribution >= 0.6 is 0 Å². The average Bonchev–Trinajstić information content (AvgIpc) is 2.59. The predicted molar refractivity (Wildman–Crippen MR) is 91.1 cm³/mol. The molecule has 1 heterocycles. The molecule has 0 atom stereocenters. The second-order valence-corrected chi connectivity index (χ2v) is 6.34. The van der Waals surface area contributed by atoms with Crippen molar-refractivity contribution in [3.63, 3.8) is 0 Å². The van der Waals surface area contributed by atoms with E-state index in [1.165, 1.54) is 7.11 Å². The van der Waals surface area contributed by atoms with Gasteiger partial charge in [-0.25, -0.2) is 0 Å². The van der Waals surface area contributed by atoms with E-state index in [0.717, 1.165) is 32.7 Å². The van der Waals surface area contributed by atoms with Crippen LogP contribution in [0.15, 0.2) is 18.2 Å². The molecule has 1 aromatic rings. The number of amides is 1. The van der Waals surface area contributed by atoms with Crippen molar-refractivity contribution >= 4 is 5.91 Å². The number of carbonyl (C=O) groups excluding carboxylic acids is 1. The van der Waals surface area contributed by atoms with E-state index in [4.69, 9.17) is 14.7 Å². The van der Waals surface area contributed by atoms with Crippen LogP contribution in [0.4, 0.5) is 0 Å². The van der Waals surface area contributed by atoms with Crippen molar-refractivity contribution in [3.8, 4) is 17.6 Å². The molecule has 0 N–H and O–H groups in total. The van der Waals surface area contributed by atoms with Gasteiger partial charge in [-0.15, -0.1) is 0 Å². The lowest BCUT2D eigenvalue weighted by Crippen LogP contribution is -2.50. The second-order valence-electron chi connectivity index (χ2n) is 6.34. The molecule has 1 aromatic carbocycles. The monoisotopic (exact) mass is 331 g/mol. The molecule has 0 unspecified atom stereocenters. The van der Waals surface area contributed by atoms with E-state index in [1.807, 2.05) is 11.0 Å². The molecule has 130 valence electrons. The summed E-state index contributed by atoms with van der Waals surface area (Å²) in [7, 11) is 1.51. The van der Waals surface area contributed by atoms with Crippen LogP contribution in [0, 0.1) is 17.2 Å². The zero-order valence-corrected chi connectivity index (χ0v) is 14.6. The number of nitrogens with zero attached hydrogens (tertiary/aromatic N) is 3. The highest BCUT2D eigenvalue weighted by Gasteiger charge is 2.22. The number of ether oxygens (including phenoxy) is 2. The summed E-state index contributed by atoms with van der Waals surface area (Å²) in [6.45, 7) is 8.74. The first-order valence-corrected chi connectivity index (χ1v) is 8.24. The van der Waals surface area contributed by atoms with Gasteiger partial charge in [-0.1, -0.05) is 13.8 Å². The Morgan fingerprint density at radius 3 is 2.54 bits per heavy atom. The molecule has 1 fully saturated rings. The summed E-state index contributed by atoms with van der Waals surface area (Å²) in [5, 5.41) is 8.90. The summed E-state index contributed by atoms with van der Waals surface area (Å²) in [6, 6.07) is 6.95. The Morgan fingerprint density at radius 1 is 1.25 bits per heavy atom. The van der Waals surface area contributed by atoms with E-state index < -0.39 is 0 Å². The molecule has 6 heteroatoms. The predicted octanol–water partition coefficient (Wildman–Crippen LogP) is 1.75. The van der Waals surface area contributed by atoms with Gasteiger partial charge in [0, 0.05) is 38.8 Å². The summed E-state index contributed by atoms with van der Waals surface area (Å²) in [5.41, 5.74) is 0.492. The molecule has 0 aromatic heterocycles. The van der Waals surface area contributed by atoms with Gasteiger partial charge in [-0.05, 0) is 18.1 Å². The molecule has 1 aliphatic rings. The lowest BCUT2D eigenvalue weighted by molar-refractivity contribution is -0.135. The van der Waals surface area contributed by atoms with Gasteiger partial charge in [-0.2, -0.15) is 5.26 Å². The number of hydrogen-bond donors (Lipinski definition) is 0. The van der Waals surface area contributed by atoms with Gasteiger partial charge >= 0.3 is 0 Å². The Bertz CT molecular complexity index is 602. The van der Waals surface area contributed by atoms with Gasteiger partial charge in [0.25, 0.3) is 5.91 Å². The Morgan fingerprint density at radius 2 is 1.96 bits per heavy atom. The third kappa shape index (κ3) is 4.87. The highest BCUT2D eigenvalue weighted by Crippen LogP contribution is 2.27. The summed E-state index contributed by atoms with van der Waals surface area (Å²) in [5.74, 6) is 1.55. The Labute approximate surface area is 143 Å². The average molecular weight is 331 g/mol. The Kier molecular flexibility index (Phi) is 6.44. The van der Waals surface area contributed by atoms with Crippen molar-refractivity contribution in [2.75, 3.05) is 46.4 Å². The molecule has 0 spiro atoms. The molecular formula is C18H25N3O3. The fraction of sp³-hybridized carbons (Fsp3) is 0.556. The molecule has 2 rings (SSSR count). The SMILES string of the molecule is COc1cc(C#N)ccc1OCC(=O)N1CCN(CC(C)C)CC1. The summed E-state index contributed by atoms with van der Waals surface area (Å²) < 4.78 is 10.8. The first-order chi connectivity index (χ1) is 11.5. The van der Waals surface area contributed by atoms with E-state index in [0.29, 0.717) is 23.0 Å². The van der Waals surface area contributed by atoms with Crippen molar-refractivity contribution < 1.29 is 14.3 Å². The van der Waals surface area contributed by atoms with E-state index in [1.54, 1.807) is 18.2 Å². The maximum Gasteiger partial charge on any atom is 0.260 e. The largest absolute Gasteiger partial charge is 0.493 e. The van der Waals surface area contributed by atoms with Crippen molar-refractivity contribution in [1.29, 1.82) is 5.26 Å². The van der Waals surface area contributed by atoms with Crippen molar-refractivity contribution in [2.45, 2.75) is 13.8 Å². The third-order valence-electron chi connectivity index (χ3n) is 3.99. The molecule has 1 amide bonds. The molecule has 0 radical (unpaired) electrons. The normalized spacial score (nSPS) is 15.2. The Hall–Kier alpha value is -2.26. The van der Waals surface area contributed by atoms with E-state index in [9.17, 15) is 4.79 Å². The first-order valence-electron chi connectivity index (χ1n) is 8.24. The Balaban J connectivity index is 1.85. The zero-order chi connectivity index (χ0) is 17.5. The minimum Gasteiger partial charge on any atom is -0.493 e. The molecule has 24 heavy (non-hydrogen) atoms. The van der Waals surface area contributed by atoms with E-state index in [-0.39, 0.29) is 12.5 Å². The lowest BCUT2D eigenvalue weighted by Gasteiger charge is -2.35. The number of hydrogen-bond acceptors (Lipinski definition) is 5. The van der Waals surface area contributed by atoms with Crippen molar-refractivity contribution in [2.24, 2.45) is 5.92 Å². The van der Waals surface area contributed by atoms with Gasteiger partial charge in [0.05, 0.1) is 18.7 Å². The molecule has 1 saturated heterocycles. The van der Waals surface area contributed by atoms with Crippen molar-refractivity contribution in [3.05, 3.63) is 23.8 Å². The number of carbonyl (C=O) groups is 1. The fourth-order valence-corrected chi connectivity index (χ4v) is 2.78. The second kappa shape index (κ2) is 8.55. The molecular weight excluding hydrogens is 306 g/mol. The van der Waals surface area contributed by atoms with Crippen molar-refractivity contribution in [1.82, 2.24) is 9.80 Å². The van der Waals surface area contributed by atoms with Gasteiger partial charge in [0.2, 0.25) is 0 Å². The highest BCUT2D eigenvalue weighted by molar-refractivity contribution is 5.78. The number of nitriles is 1. The third-order valence-corrected chi connectivity index (χ3v) is 3.99. The van der Waals surface area contributed by atoms with Crippen LogP contribution in [0.5, 0.6) is 11.5 Å². The van der Waals surface area contributed by atoms with Crippen LogP contribution in [0.2, 0.25) is 0 Å². The maximum absolute atomic E-state index is 12.3. The van der Waals surface area contributed by atoms with Gasteiger partial charge < -0.3 is 14.4 Å².